The summed E-state index contributed by atoms with van der Waals surface area (Å²) in [6.45, 7) is 3.92. The fourth-order valence-corrected chi connectivity index (χ4v) is 4.01. The number of halogens is 2. The standard InChI is InChI=1S/C11H10BrNO.C10H8BrNO/c1-7-5-10(12)9-6-8(14-2)3-4-11(9)13-7;1-6-4-9(11)8-5-7(13)2-3-10(8)12-6/h3-6H,1-2H3;2-5,13H,1H3. The number of ether oxygens (including phenoxy) is 1. The van der Waals surface area contributed by atoms with E-state index in [2.05, 4.69) is 41.8 Å². The van der Waals surface area contributed by atoms with Gasteiger partial charge in [0, 0.05) is 31.1 Å². The van der Waals surface area contributed by atoms with Gasteiger partial charge in [-0.05, 0) is 62.4 Å². The molecule has 0 aliphatic heterocycles. The van der Waals surface area contributed by atoms with Gasteiger partial charge in [0.25, 0.3) is 0 Å². The zero-order valence-corrected chi connectivity index (χ0v) is 18.3. The first kappa shape index (κ1) is 19.6. The highest BCUT2D eigenvalue weighted by atomic mass is 79.9. The summed E-state index contributed by atoms with van der Waals surface area (Å²) < 4.78 is 7.18. The molecule has 1 N–H and O–H groups in total. The number of hydrogen-bond acceptors (Lipinski definition) is 4. The van der Waals surface area contributed by atoms with Crippen LogP contribution in [0.4, 0.5) is 0 Å². The number of pyridine rings is 2. The van der Waals surface area contributed by atoms with Crippen LogP contribution in [0.3, 0.4) is 0 Å². The fraction of sp³-hybridized carbons (Fsp3) is 0.143. The number of methoxy groups -OCH3 is 1. The van der Waals surface area contributed by atoms with E-state index >= 15 is 0 Å². The molecule has 4 nitrogen and oxygen atoms in total. The van der Waals surface area contributed by atoms with Gasteiger partial charge in [0.15, 0.2) is 0 Å². The third kappa shape index (κ3) is 4.57. The minimum atomic E-state index is 0.263. The summed E-state index contributed by atoms with van der Waals surface area (Å²) in [6.07, 6.45) is 0. The molecule has 4 aromatic rings. The number of phenols is 1. The second kappa shape index (κ2) is 8.23. The first-order valence-electron chi connectivity index (χ1n) is 8.24. The van der Waals surface area contributed by atoms with Crippen molar-refractivity contribution in [1.82, 2.24) is 9.97 Å². The first-order valence-corrected chi connectivity index (χ1v) is 9.83. The molecule has 0 saturated heterocycles. The lowest BCUT2D eigenvalue weighted by molar-refractivity contribution is 0.415. The van der Waals surface area contributed by atoms with Crippen LogP contribution < -0.4 is 4.74 Å². The third-order valence-corrected chi connectivity index (χ3v) is 5.28. The molecule has 4 rings (SSSR count). The molecule has 0 unspecified atom stereocenters. The molecule has 138 valence electrons. The van der Waals surface area contributed by atoms with E-state index in [9.17, 15) is 5.11 Å². The molecule has 0 bridgehead atoms. The third-order valence-electron chi connectivity index (χ3n) is 3.96. The van der Waals surface area contributed by atoms with Crippen LogP contribution in [0.5, 0.6) is 11.5 Å². The highest BCUT2D eigenvalue weighted by Gasteiger charge is 2.03. The Kier molecular flexibility index (Phi) is 5.97. The van der Waals surface area contributed by atoms with E-state index in [1.807, 2.05) is 50.2 Å². The summed E-state index contributed by atoms with van der Waals surface area (Å²) in [6, 6.07) is 14.9. The molecule has 2 aromatic carbocycles. The number of aromatic hydroxyl groups is 1. The number of phenolic OH excluding ortho intramolecular Hbond substituents is 1. The number of aromatic nitrogens is 2. The summed E-state index contributed by atoms with van der Waals surface area (Å²) in [7, 11) is 1.66. The quantitative estimate of drug-likeness (QED) is 0.339. The van der Waals surface area contributed by atoms with Gasteiger partial charge >= 0.3 is 0 Å². The van der Waals surface area contributed by atoms with Crippen LogP contribution >= 0.6 is 31.9 Å². The molecule has 27 heavy (non-hydrogen) atoms. The molecule has 0 radical (unpaired) electrons. The van der Waals surface area contributed by atoms with E-state index in [1.54, 1.807) is 19.2 Å². The van der Waals surface area contributed by atoms with Crippen LogP contribution in [0, 0.1) is 13.8 Å². The maximum Gasteiger partial charge on any atom is 0.119 e. The molecule has 0 aliphatic rings. The highest BCUT2D eigenvalue weighted by molar-refractivity contribution is 9.11. The lowest BCUT2D eigenvalue weighted by Crippen LogP contribution is -1.87. The maximum absolute atomic E-state index is 9.28. The van der Waals surface area contributed by atoms with Crippen molar-refractivity contribution in [3.63, 3.8) is 0 Å². The van der Waals surface area contributed by atoms with Gasteiger partial charge < -0.3 is 9.84 Å². The summed E-state index contributed by atoms with van der Waals surface area (Å²) in [4.78, 5) is 8.76. The fourth-order valence-electron chi connectivity index (χ4n) is 2.71. The number of aryl methyl sites for hydroxylation is 2. The number of fused-ring (bicyclic) bond motifs is 2. The Balaban J connectivity index is 0.000000156. The van der Waals surface area contributed by atoms with Gasteiger partial charge in [0.05, 0.1) is 18.1 Å². The predicted molar refractivity (Wildman–Crippen MR) is 117 cm³/mol. The van der Waals surface area contributed by atoms with Crippen molar-refractivity contribution in [2.24, 2.45) is 0 Å². The monoisotopic (exact) mass is 488 g/mol. The lowest BCUT2D eigenvalue weighted by Gasteiger charge is -2.04. The smallest absolute Gasteiger partial charge is 0.119 e. The van der Waals surface area contributed by atoms with Gasteiger partial charge in [-0.15, -0.1) is 0 Å². The molecule has 0 spiro atoms. The topological polar surface area (TPSA) is 55.2 Å². The summed E-state index contributed by atoms with van der Waals surface area (Å²) >= 11 is 6.95. The van der Waals surface area contributed by atoms with Gasteiger partial charge in [-0.2, -0.15) is 0 Å². The van der Waals surface area contributed by atoms with E-state index in [-0.39, 0.29) is 5.75 Å². The second-order valence-corrected chi connectivity index (χ2v) is 7.78. The van der Waals surface area contributed by atoms with Crippen molar-refractivity contribution < 1.29 is 9.84 Å². The minimum absolute atomic E-state index is 0.263. The van der Waals surface area contributed by atoms with E-state index in [1.165, 1.54) is 0 Å². The molecule has 2 heterocycles. The maximum atomic E-state index is 9.28. The largest absolute Gasteiger partial charge is 0.508 e. The van der Waals surface area contributed by atoms with Crippen LogP contribution in [0.2, 0.25) is 0 Å². The average Bonchev–Trinajstić information content (AvgIpc) is 2.62. The second-order valence-electron chi connectivity index (χ2n) is 6.08. The van der Waals surface area contributed by atoms with Gasteiger partial charge in [0.2, 0.25) is 0 Å². The van der Waals surface area contributed by atoms with Crippen LogP contribution in [0.15, 0.2) is 57.5 Å². The molecular weight excluding hydrogens is 472 g/mol. The Labute approximate surface area is 174 Å². The Morgan fingerprint density at radius 2 is 1.30 bits per heavy atom. The van der Waals surface area contributed by atoms with Gasteiger partial charge in [-0.25, -0.2) is 0 Å². The van der Waals surface area contributed by atoms with Crippen molar-refractivity contribution >= 4 is 53.7 Å². The number of benzene rings is 2. The van der Waals surface area contributed by atoms with Gasteiger partial charge in [-0.3, -0.25) is 9.97 Å². The molecular formula is C21H18Br2N2O2. The molecule has 0 saturated carbocycles. The first-order chi connectivity index (χ1) is 12.9. The highest BCUT2D eigenvalue weighted by Crippen LogP contribution is 2.27. The van der Waals surface area contributed by atoms with Crippen LogP contribution in [0.25, 0.3) is 21.8 Å². The summed E-state index contributed by atoms with van der Waals surface area (Å²) in [5, 5.41) is 11.3. The summed E-state index contributed by atoms with van der Waals surface area (Å²) in [5.74, 6) is 1.11. The van der Waals surface area contributed by atoms with E-state index < -0.39 is 0 Å². The Morgan fingerprint density at radius 1 is 0.778 bits per heavy atom. The summed E-state index contributed by atoms with van der Waals surface area (Å²) in [5.41, 5.74) is 3.85. The Bertz CT molecular complexity index is 1130. The SMILES string of the molecule is COc1ccc2nc(C)cc(Br)c2c1.Cc1cc(Br)c2cc(O)ccc2n1. The average molecular weight is 490 g/mol. The molecule has 0 aliphatic carbocycles. The van der Waals surface area contributed by atoms with Crippen molar-refractivity contribution in [3.8, 4) is 11.5 Å². The van der Waals surface area contributed by atoms with Crippen LogP contribution in [-0.2, 0) is 0 Å². The van der Waals surface area contributed by atoms with Gasteiger partial charge in [-0.1, -0.05) is 31.9 Å². The number of hydrogen-bond donors (Lipinski definition) is 1. The van der Waals surface area contributed by atoms with Crippen molar-refractivity contribution in [2.75, 3.05) is 7.11 Å². The zero-order valence-electron chi connectivity index (χ0n) is 15.1. The minimum Gasteiger partial charge on any atom is -0.508 e. The molecule has 2 aromatic heterocycles. The van der Waals surface area contributed by atoms with E-state index in [0.717, 1.165) is 47.9 Å². The number of rotatable bonds is 1. The van der Waals surface area contributed by atoms with E-state index in [4.69, 9.17) is 4.74 Å². The van der Waals surface area contributed by atoms with Crippen molar-refractivity contribution in [2.45, 2.75) is 13.8 Å². The van der Waals surface area contributed by atoms with E-state index in [0.29, 0.717) is 0 Å². The predicted octanol–water partition coefficient (Wildman–Crippen LogP) is 6.33. The number of nitrogens with zero attached hydrogens (tertiary/aromatic N) is 2. The van der Waals surface area contributed by atoms with Crippen molar-refractivity contribution in [3.05, 3.63) is 68.9 Å². The Hall–Kier alpha value is -2.18. The molecule has 0 fully saturated rings. The molecule has 0 amide bonds. The van der Waals surface area contributed by atoms with Crippen LogP contribution in [0.1, 0.15) is 11.4 Å². The normalized spacial score (nSPS) is 10.6. The zero-order chi connectivity index (χ0) is 19.6. The Morgan fingerprint density at radius 3 is 1.85 bits per heavy atom. The van der Waals surface area contributed by atoms with Gasteiger partial charge in [0.1, 0.15) is 11.5 Å². The molecule has 6 heteroatoms. The lowest BCUT2D eigenvalue weighted by atomic mass is 10.2. The van der Waals surface area contributed by atoms with Crippen molar-refractivity contribution in [1.29, 1.82) is 0 Å². The van der Waals surface area contributed by atoms with Crippen LogP contribution in [-0.4, -0.2) is 22.2 Å². The molecule has 0 atom stereocenters.